The van der Waals surface area contributed by atoms with Crippen LogP contribution in [-0.4, -0.2) is 50.5 Å². The number of likely N-dealkylation sites (tertiary alicyclic amines) is 1. The number of benzene rings is 2. The van der Waals surface area contributed by atoms with Crippen molar-refractivity contribution >= 4 is 60.4 Å². The van der Waals surface area contributed by atoms with E-state index >= 15 is 0 Å². The number of piperidine rings is 2. The molecule has 0 radical (unpaired) electrons. The quantitative estimate of drug-likeness (QED) is 0.274. The summed E-state index contributed by atoms with van der Waals surface area (Å²) < 4.78 is 17.0. The van der Waals surface area contributed by atoms with Crippen molar-refractivity contribution in [2.75, 3.05) is 26.2 Å². The second-order valence-corrected chi connectivity index (χ2v) is 15.2. The van der Waals surface area contributed by atoms with Crippen molar-refractivity contribution in [1.82, 2.24) is 14.2 Å². The van der Waals surface area contributed by atoms with Crippen LogP contribution in [-0.2, 0) is 28.6 Å². The minimum atomic E-state index is -1.13. The number of carbonyl (C=O) groups is 1. The SMILES string of the molecule is O=C(CC1CCN(S(=O)c2ccccc2)CC1)N1CCC(C2c3ncc(Br)cc3CCc3cc(Cl)cc(Br)c32)CC1. The molecule has 2 saturated heterocycles. The van der Waals surface area contributed by atoms with Crippen molar-refractivity contribution in [3.8, 4) is 0 Å². The molecule has 2 atom stereocenters. The van der Waals surface area contributed by atoms with Crippen LogP contribution in [0.25, 0.3) is 0 Å². The smallest absolute Gasteiger partial charge is 0.222 e. The van der Waals surface area contributed by atoms with Crippen molar-refractivity contribution in [2.45, 2.75) is 55.8 Å². The average molecular weight is 720 g/mol. The van der Waals surface area contributed by atoms with Gasteiger partial charge in [-0.25, -0.2) is 8.51 Å². The highest BCUT2D eigenvalue weighted by Crippen LogP contribution is 2.46. The Hall–Kier alpha value is -1.58. The second-order valence-electron chi connectivity index (χ2n) is 11.5. The van der Waals surface area contributed by atoms with Gasteiger partial charge in [0, 0.05) is 58.7 Å². The maximum Gasteiger partial charge on any atom is 0.222 e. The molecular weight excluding hydrogens is 686 g/mol. The van der Waals surface area contributed by atoms with E-state index in [-0.39, 0.29) is 11.8 Å². The Morgan fingerprint density at radius 2 is 1.66 bits per heavy atom. The van der Waals surface area contributed by atoms with E-state index in [9.17, 15) is 9.00 Å². The molecule has 0 saturated carbocycles. The molecule has 0 spiro atoms. The fourth-order valence-corrected chi connectivity index (χ4v) is 9.58. The minimum Gasteiger partial charge on any atom is -0.343 e. The molecule has 2 aromatic carbocycles. The van der Waals surface area contributed by atoms with Crippen LogP contribution in [0.4, 0.5) is 0 Å². The highest BCUT2D eigenvalue weighted by Gasteiger charge is 2.37. The zero-order valence-electron chi connectivity index (χ0n) is 22.9. The van der Waals surface area contributed by atoms with E-state index in [4.69, 9.17) is 16.6 Å². The van der Waals surface area contributed by atoms with E-state index in [0.29, 0.717) is 18.3 Å². The first-order valence-electron chi connectivity index (χ1n) is 14.5. The van der Waals surface area contributed by atoms with Crippen molar-refractivity contribution < 1.29 is 9.00 Å². The molecule has 3 aliphatic rings. The van der Waals surface area contributed by atoms with Crippen molar-refractivity contribution in [3.63, 3.8) is 0 Å². The molecule has 3 heterocycles. The Morgan fingerprint density at radius 3 is 2.39 bits per heavy atom. The van der Waals surface area contributed by atoms with Crippen LogP contribution in [0, 0.1) is 11.8 Å². The lowest BCUT2D eigenvalue weighted by molar-refractivity contribution is -0.133. The first kappa shape index (κ1) is 29.5. The number of nitrogens with zero attached hydrogens (tertiary/aromatic N) is 3. The van der Waals surface area contributed by atoms with Crippen LogP contribution in [0.15, 0.2) is 68.6 Å². The monoisotopic (exact) mass is 717 g/mol. The van der Waals surface area contributed by atoms with Gasteiger partial charge in [0.1, 0.15) is 11.0 Å². The summed E-state index contributed by atoms with van der Waals surface area (Å²) in [5.74, 6) is 1.20. The number of amides is 1. The zero-order valence-corrected chi connectivity index (χ0v) is 27.7. The Kier molecular flexibility index (Phi) is 9.32. The Balaban J connectivity index is 1.10. The summed E-state index contributed by atoms with van der Waals surface area (Å²) in [5.41, 5.74) is 5.06. The largest absolute Gasteiger partial charge is 0.343 e. The summed E-state index contributed by atoms with van der Waals surface area (Å²) in [4.78, 5) is 21.3. The predicted octanol–water partition coefficient (Wildman–Crippen LogP) is 7.55. The normalized spacial score (nSPS) is 21.1. The van der Waals surface area contributed by atoms with Gasteiger partial charge < -0.3 is 4.90 Å². The van der Waals surface area contributed by atoms with Gasteiger partial charge in [0.2, 0.25) is 5.91 Å². The Morgan fingerprint density at radius 1 is 0.951 bits per heavy atom. The lowest BCUT2D eigenvalue weighted by Gasteiger charge is -2.38. The van der Waals surface area contributed by atoms with Crippen LogP contribution in [0.5, 0.6) is 0 Å². The first-order chi connectivity index (χ1) is 19.9. The van der Waals surface area contributed by atoms with Crippen LogP contribution in [0.2, 0.25) is 5.02 Å². The van der Waals surface area contributed by atoms with Crippen molar-refractivity contribution in [2.24, 2.45) is 11.8 Å². The van der Waals surface area contributed by atoms with Crippen LogP contribution in [0.1, 0.15) is 60.4 Å². The summed E-state index contributed by atoms with van der Waals surface area (Å²) in [5, 5.41) is 0.757. The average Bonchev–Trinajstić information content (AvgIpc) is 3.14. The van der Waals surface area contributed by atoms with Gasteiger partial charge in [-0.1, -0.05) is 45.7 Å². The molecule has 41 heavy (non-hydrogen) atoms. The van der Waals surface area contributed by atoms with Crippen molar-refractivity contribution in [1.29, 1.82) is 0 Å². The number of hydrogen-bond donors (Lipinski definition) is 0. The molecule has 0 bridgehead atoms. The van der Waals surface area contributed by atoms with E-state index in [2.05, 4.69) is 48.9 Å². The van der Waals surface area contributed by atoms with E-state index < -0.39 is 11.0 Å². The van der Waals surface area contributed by atoms with Gasteiger partial charge in [0.25, 0.3) is 0 Å². The molecular formula is C32H34Br2ClN3O2S. The molecule has 1 aromatic heterocycles. The molecule has 216 valence electrons. The molecule has 5 nitrogen and oxygen atoms in total. The zero-order chi connectivity index (χ0) is 28.5. The van der Waals surface area contributed by atoms with Crippen LogP contribution < -0.4 is 0 Å². The number of aryl methyl sites for hydroxylation is 2. The lowest BCUT2D eigenvalue weighted by Crippen LogP contribution is -2.42. The predicted molar refractivity (Wildman–Crippen MR) is 171 cm³/mol. The van der Waals surface area contributed by atoms with E-state index in [1.54, 1.807) is 0 Å². The Bertz CT molecular complexity index is 1440. The maximum absolute atomic E-state index is 13.4. The molecule has 9 heteroatoms. The molecule has 1 amide bonds. The highest BCUT2D eigenvalue weighted by atomic mass is 79.9. The molecule has 2 aliphatic heterocycles. The minimum absolute atomic E-state index is 0.175. The summed E-state index contributed by atoms with van der Waals surface area (Å²) in [6.07, 6.45) is 8.11. The van der Waals surface area contributed by atoms with Gasteiger partial charge in [-0.3, -0.25) is 9.78 Å². The number of fused-ring (bicyclic) bond motifs is 2. The highest BCUT2D eigenvalue weighted by molar-refractivity contribution is 9.10. The molecule has 2 fully saturated rings. The van der Waals surface area contributed by atoms with Gasteiger partial charge in [-0.05, 0) is 113 Å². The number of halogens is 3. The third-order valence-corrected chi connectivity index (χ3v) is 11.8. The fraction of sp³-hybridized carbons (Fsp3) is 0.438. The number of hydrogen-bond acceptors (Lipinski definition) is 3. The van der Waals surface area contributed by atoms with Crippen LogP contribution >= 0.6 is 43.5 Å². The topological polar surface area (TPSA) is 53.5 Å². The van der Waals surface area contributed by atoms with Gasteiger partial charge in [0.05, 0.1) is 10.6 Å². The van der Waals surface area contributed by atoms with Gasteiger partial charge in [-0.2, -0.15) is 0 Å². The maximum atomic E-state index is 13.4. The van der Waals surface area contributed by atoms with E-state index in [1.165, 1.54) is 22.4 Å². The number of aromatic nitrogens is 1. The third kappa shape index (κ3) is 6.52. The number of pyridine rings is 1. The third-order valence-electron chi connectivity index (χ3n) is 9.00. The summed E-state index contributed by atoms with van der Waals surface area (Å²) >= 11 is 13.9. The first-order valence-corrected chi connectivity index (χ1v) is 17.6. The van der Waals surface area contributed by atoms with Crippen molar-refractivity contribution in [3.05, 3.63) is 91.1 Å². The van der Waals surface area contributed by atoms with Crippen LogP contribution in [0.3, 0.4) is 0 Å². The van der Waals surface area contributed by atoms with E-state index in [0.717, 1.165) is 83.6 Å². The van der Waals surface area contributed by atoms with E-state index in [1.807, 2.05) is 46.9 Å². The summed E-state index contributed by atoms with van der Waals surface area (Å²) in [7, 11) is -1.13. The molecule has 6 rings (SSSR count). The lowest BCUT2D eigenvalue weighted by atomic mass is 9.76. The molecule has 2 unspecified atom stereocenters. The molecule has 3 aromatic rings. The Labute approximate surface area is 266 Å². The van der Waals surface area contributed by atoms with Gasteiger partial charge in [-0.15, -0.1) is 0 Å². The fourth-order valence-electron chi connectivity index (χ4n) is 6.85. The standard InChI is InChI=1S/C32H34Br2ClN3O2S/c33-25-17-24-7-6-23-18-26(35)19-28(34)30(23)31(32(24)36-20-25)22-10-12-37(13-11-22)29(39)16-21-8-14-38(15-9-21)41(40)27-4-2-1-3-5-27/h1-5,17-22,31H,6-16H2. The van der Waals surface area contributed by atoms with Gasteiger partial charge in [0.15, 0.2) is 0 Å². The second kappa shape index (κ2) is 13.0. The van der Waals surface area contributed by atoms with Gasteiger partial charge >= 0.3 is 0 Å². The molecule has 1 aliphatic carbocycles. The summed E-state index contributed by atoms with van der Waals surface area (Å²) in [6, 6.07) is 16.0. The number of rotatable bonds is 5. The summed E-state index contributed by atoms with van der Waals surface area (Å²) in [6.45, 7) is 3.10. The number of carbonyl (C=O) groups excluding carboxylic acids is 1. The molecule has 0 N–H and O–H groups in total.